The molecule has 14 heavy (non-hydrogen) atoms. The molecule has 0 aromatic carbocycles. The molecule has 0 aliphatic carbocycles. The third-order valence-corrected chi connectivity index (χ3v) is 3.37. The van der Waals surface area contributed by atoms with E-state index in [-0.39, 0.29) is 0 Å². The van der Waals surface area contributed by atoms with E-state index in [0.29, 0.717) is 16.1 Å². The van der Waals surface area contributed by atoms with E-state index in [4.69, 9.17) is 15.0 Å². The number of hydrogen-bond acceptors (Lipinski definition) is 5. The monoisotopic (exact) mass is 274 g/mol. The average Bonchev–Trinajstić information content (AvgIpc) is 2.75. The highest BCUT2D eigenvalue weighted by Crippen LogP contribution is 2.37. The molecule has 0 atom stereocenters. The second-order valence-corrected chi connectivity index (χ2v) is 4.27. The van der Waals surface area contributed by atoms with Crippen molar-refractivity contribution in [2.75, 3.05) is 12.8 Å². The zero-order valence-electron chi connectivity index (χ0n) is 7.28. The Labute approximate surface area is 92.8 Å². The van der Waals surface area contributed by atoms with Gasteiger partial charge >= 0.3 is 0 Å². The van der Waals surface area contributed by atoms with E-state index < -0.39 is 0 Å². The molecule has 0 bridgehead atoms. The lowest BCUT2D eigenvalue weighted by Gasteiger charge is -1.90. The number of anilines is 1. The van der Waals surface area contributed by atoms with E-state index in [1.54, 1.807) is 7.11 Å². The van der Waals surface area contributed by atoms with Crippen LogP contribution in [0.25, 0.3) is 10.6 Å². The molecule has 0 fully saturated rings. The molecule has 74 valence electrons. The van der Waals surface area contributed by atoms with Gasteiger partial charge in [0.1, 0.15) is 10.2 Å². The van der Waals surface area contributed by atoms with Crippen molar-refractivity contribution < 1.29 is 9.26 Å². The van der Waals surface area contributed by atoms with Crippen LogP contribution in [0.15, 0.2) is 20.4 Å². The van der Waals surface area contributed by atoms with Gasteiger partial charge < -0.3 is 15.0 Å². The van der Waals surface area contributed by atoms with Crippen LogP contribution < -0.4 is 10.5 Å². The van der Waals surface area contributed by atoms with E-state index in [9.17, 15) is 0 Å². The van der Waals surface area contributed by atoms with Gasteiger partial charge in [0.05, 0.1) is 12.0 Å². The van der Waals surface area contributed by atoms with Crippen LogP contribution in [0, 0.1) is 0 Å². The molecular weight excluding hydrogens is 268 g/mol. The summed E-state index contributed by atoms with van der Waals surface area (Å²) < 4.78 is 10.8. The molecule has 2 N–H and O–H groups in total. The Balaban J connectivity index is 2.44. The third kappa shape index (κ3) is 1.51. The summed E-state index contributed by atoms with van der Waals surface area (Å²) in [4.78, 5) is 0.929. The molecular formula is C8H7BrN2O2S. The number of nitrogens with zero attached hydrogens (tertiary/aromatic N) is 1. The van der Waals surface area contributed by atoms with Gasteiger partial charge in [-0.05, 0) is 15.9 Å². The third-order valence-electron chi connectivity index (χ3n) is 1.69. The maximum absolute atomic E-state index is 5.54. The van der Waals surface area contributed by atoms with Crippen LogP contribution in [0.2, 0.25) is 0 Å². The fourth-order valence-corrected chi connectivity index (χ4v) is 2.32. The Kier molecular flexibility index (Phi) is 2.47. The average molecular weight is 275 g/mol. The first kappa shape index (κ1) is 9.54. The summed E-state index contributed by atoms with van der Waals surface area (Å²) >= 11 is 4.81. The Bertz CT molecular complexity index is 452. The molecule has 0 aliphatic heterocycles. The van der Waals surface area contributed by atoms with Gasteiger partial charge in [-0.15, -0.1) is 11.3 Å². The lowest BCUT2D eigenvalue weighted by atomic mass is 10.3. The number of nitrogen functional groups attached to an aromatic ring is 1. The maximum Gasteiger partial charge on any atom is 0.193 e. The van der Waals surface area contributed by atoms with Crippen molar-refractivity contribution in [3.63, 3.8) is 0 Å². The van der Waals surface area contributed by atoms with Gasteiger partial charge in [-0.25, -0.2) is 0 Å². The molecule has 2 aromatic rings. The van der Waals surface area contributed by atoms with Crippen molar-refractivity contribution in [3.8, 4) is 16.4 Å². The van der Waals surface area contributed by atoms with E-state index in [1.807, 2.05) is 11.4 Å². The summed E-state index contributed by atoms with van der Waals surface area (Å²) in [6, 6.07) is 1.87. The largest absolute Gasteiger partial charge is 0.496 e. The molecule has 4 nitrogen and oxygen atoms in total. The molecule has 0 saturated heterocycles. The van der Waals surface area contributed by atoms with Gasteiger partial charge in [-0.2, -0.15) is 0 Å². The van der Waals surface area contributed by atoms with Crippen LogP contribution in [-0.4, -0.2) is 12.3 Å². The number of hydrogen-bond donors (Lipinski definition) is 1. The first-order chi connectivity index (χ1) is 6.72. The zero-order valence-corrected chi connectivity index (χ0v) is 9.68. The van der Waals surface area contributed by atoms with E-state index in [2.05, 4.69) is 21.1 Å². The minimum atomic E-state index is 0.354. The quantitative estimate of drug-likeness (QED) is 0.915. The second kappa shape index (κ2) is 3.62. The molecule has 2 heterocycles. The Morgan fingerprint density at radius 1 is 1.64 bits per heavy atom. The standard InChI is InChI=1S/C8H7BrN2O2S/c1-12-4-2-5(14-3-4)7-6(9)8(10)11-13-7/h2-3H,1H3,(H2,10,11). The van der Waals surface area contributed by atoms with Crippen LogP contribution in [0.5, 0.6) is 5.75 Å². The number of methoxy groups -OCH3 is 1. The molecule has 6 heteroatoms. The van der Waals surface area contributed by atoms with Gasteiger partial charge in [-0.1, -0.05) is 5.16 Å². The summed E-state index contributed by atoms with van der Waals surface area (Å²) in [5.74, 6) is 1.79. The smallest absolute Gasteiger partial charge is 0.193 e. The zero-order chi connectivity index (χ0) is 10.1. The van der Waals surface area contributed by atoms with Gasteiger partial charge in [0.2, 0.25) is 0 Å². The van der Waals surface area contributed by atoms with Crippen LogP contribution >= 0.6 is 27.3 Å². The summed E-state index contributed by atoms with van der Waals surface area (Å²) in [5.41, 5.74) is 5.54. The van der Waals surface area contributed by atoms with Crippen molar-refractivity contribution in [1.82, 2.24) is 5.16 Å². The summed E-state index contributed by atoms with van der Waals surface area (Å²) in [5, 5.41) is 5.54. The van der Waals surface area contributed by atoms with Crippen LogP contribution in [0.1, 0.15) is 0 Å². The number of thiophene rings is 1. The number of halogens is 1. The van der Waals surface area contributed by atoms with E-state index in [0.717, 1.165) is 10.6 Å². The van der Waals surface area contributed by atoms with Gasteiger partial charge in [0, 0.05) is 11.4 Å². The lowest BCUT2D eigenvalue weighted by Crippen LogP contribution is -1.82. The highest BCUT2D eigenvalue weighted by atomic mass is 79.9. The summed E-state index contributed by atoms with van der Waals surface area (Å²) in [7, 11) is 1.62. The van der Waals surface area contributed by atoms with E-state index in [1.165, 1.54) is 11.3 Å². The maximum atomic E-state index is 5.54. The van der Waals surface area contributed by atoms with Crippen LogP contribution in [-0.2, 0) is 0 Å². The molecule has 2 rings (SSSR count). The van der Waals surface area contributed by atoms with Gasteiger partial charge in [0.15, 0.2) is 11.6 Å². The molecule has 2 aromatic heterocycles. The molecule has 0 aliphatic rings. The first-order valence-electron chi connectivity index (χ1n) is 3.76. The fourth-order valence-electron chi connectivity index (χ4n) is 0.989. The fraction of sp³-hybridized carbons (Fsp3) is 0.125. The van der Waals surface area contributed by atoms with Crippen molar-refractivity contribution in [2.24, 2.45) is 0 Å². The highest BCUT2D eigenvalue weighted by molar-refractivity contribution is 9.10. The topological polar surface area (TPSA) is 61.3 Å². The van der Waals surface area contributed by atoms with Crippen molar-refractivity contribution >= 4 is 33.1 Å². The molecule has 0 unspecified atom stereocenters. The van der Waals surface area contributed by atoms with Crippen LogP contribution in [0.3, 0.4) is 0 Å². The minimum Gasteiger partial charge on any atom is -0.496 e. The van der Waals surface area contributed by atoms with Crippen LogP contribution in [0.4, 0.5) is 5.82 Å². The number of aromatic nitrogens is 1. The lowest BCUT2D eigenvalue weighted by molar-refractivity contribution is 0.416. The second-order valence-electron chi connectivity index (χ2n) is 2.56. The molecule has 0 saturated carbocycles. The SMILES string of the molecule is COc1csc(-c2onc(N)c2Br)c1. The summed E-state index contributed by atoms with van der Waals surface area (Å²) in [6.45, 7) is 0. The summed E-state index contributed by atoms with van der Waals surface area (Å²) in [6.07, 6.45) is 0. The normalized spacial score (nSPS) is 10.4. The number of rotatable bonds is 2. The predicted molar refractivity (Wildman–Crippen MR) is 58.5 cm³/mol. The van der Waals surface area contributed by atoms with Crippen molar-refractivity contribution in [3.05, 3.63) is 15.9 Å². The predicted octanol–water partition coefficient (Wildman–Crippen LogP) is 2.76. The highest BCUT2D eigenvalue weighted by Gasteiger charge is 2.15. The number of nitrogens with two attached hydrogens (primary N) is 1. The van der Waals surface area contributed by atoms with Crippen molar-refractivity contribution in [1.29, 1.82) is 0 Å². The van der Waals surface area contributed by atoms with Gasteiger partial charge in [0.25, 0.3) is 0 Å². The van der Waals surface area contributed by atoms with E-state index >= 15 is 0 Å². The Morgan fingerprint density at radius 3 is 2.93 bits per heavy atom. The Hall–Kier alpha value is -1.01. The first-order valence-corrected chi connectivity index (χ1v) is 5.43. The van der Waals surface area contributed by atoms with Gasteiger partial charge in [-0.3, -0.25) is 0 Å². The Morgan fingerprint density at radius 2 is 2.43 bits per heavy atom. The number of ether oxygens (including phenoxy) is 1. The molecule has 0 radical (unpaired) electrons. The minimum absolute atomic E-state index is 0.354. The molecule has 0 amide bonds. The molecule has 0 spiro atoms. The van der Waals surface area contributed by atoms with Crippen molar-refractivity contribution in [2.45, 2.75) is 0 Å².